The SMILES string of the molecule is Cl.NCCOCCC1=CC(=O)NC1=O. The van der Waals surface area contributed by atoms with Gasteiger partial charge in [0, 0.05) is 24.6 Å². The standard InChI is InChI=1S/C8H12N2O3.ClH/c9-2-4-13-3-1-6-5-7(11)10-8(6)12;/h5H,1-4,9H2,(H,10,11,12);1H. The number of nitrogens with one attached hydrogen (secondary N) is 1. The molecule has 14 heavy (non-hydrogen) atoms. The number of ether oxygens (including phenoxy) is 1. The van der Waals surface area contributed by atoms with Crippen LogP contribution in [0.2, 0.25) is 0 Å². The van der Waals surface area contributed by atoms with Crippen molar-refractivity contribution in [2.45, 2.75) is 6.42 Å². The van der Waals surface area contributed by atoms with Gasteiger partial charge < -0.3 is 10.5 Å². The molecule has 0 radical (unpaired) electrons. The van der Waals surface area contributed by atoms with E-state index in [2.05, 4.69) is 5.32 Å². The van der Waals surface area contributed by atoms with Crippen molar-refractivity contribution in [3.63, 3.8) is 0 Å². The van der Waals surface area contributed by atoms with Crippen LogP contribution in [-0.2, 0) is 14.3 Å². The monoisotopic (exact) mass is 220 g/mol. The lowest BCUT2D eigenvalue weighted by Gasteiger charge is -2.01. The normalized spacial score (nSPS) is 14.8. The molecule has 0 saturated carbocycles. The van der Waals surface area contributed by atoms with E-state index in [0.717, 1.165) is 0 Å². The number of amides is 2. The fourth-order valence-electron chi connectivity index (χ4n) is 1.01. The van der Waals surface area contributed by atoms with E-state index in [1.54, 1.807) is 0 Å². The summed E-state index contributed by atoms with van der Waals surface area (Å²) < 4.78 is 5.07. The first kappa shape index (κ1) is 13.1. The summed E-state index contributed by atoms with van der Waals surface area (Å²) in [5.74, 6) is -0.667. The quantitative estimate of drug-likeness (QED) is 0.477. The second-order valence-electron chi connectivity index (χ2n) is 2.64. The molecular formula is C8H13ClN2O3. The van der Waals surface area contributed by atoms with Crippen molar-refractivity contribution in [1.82, 2.24) is 5.32 Å². The van der Waals surface area contributed by atoms with E-state index in [4.69, 9.17) is 10.5 Å². The first-order valence-electron chi connectivity index (χ1n) is 4.07. The summed E-state index contributed by atoms with van der Waals surface area (Å²) in [6.07, 6.45) is 1.76. The summed E-state index contributed by atoms with van der Waals surface area (Å²) in [5.41, 5.74) is 5.67. The average Bonchev–Trinajstić information content (AvgIpc) is 2.39. The van der Waals surface area contributed by atoms with Crippen LogP contribution in [0.4, 0.5) is 0 Å². The predicted molar refractivity (Wildman–Crippen MR) is 53.0 cm³/mol. The molecule has 6 heteroatoms. The van der Waals surface area contributed by atoms with E-state index >= 15 is 0 Å². The summed E-state index contributed by atoms with van der Waals surface area (Å²) >= 11 is 0. The Morgan fingerprint density at radius 2 is 2.07 bits per heavy atom. The summed E-state index contributed by atoms with van der Waals surface area (Å²) in [6, 6.07) is 0. The smallest absolute Gasteiger partial charge is 0.254 e. The Hall–Kier alpha value is -0.910. The van der Waals surface area contributed by atoms with Crippen molar-refractivity contribution in [2.75, 3.05) is 19.8 Å². The molecule has 0 fully saturated rings. The lowest BCUT2D eigenvalue weighted by Crippen LogP contribution is -2.22. The Morgan fingerprint density at radius 1 is 1.36 bits per heavy atom. The van der Waals surface area contributed by atoms with Crippen LogP contribution in [0.5, 0.6) is 0 Å². The van der Waals surface area contributed by atoms with Crippen molar-refractivity contribution >= 4 is 24.2 Å². The number of hydrogen-bond donors (Lipinski definition) is 2. The molecule has 0 atom stereocenters. The van der Waals surface area contributed by atoms with Gasteiger partial charge in [0.2, 0.25) is 0 Å². The third-order valence-electron chi connectivity index (χ3n) is 1.61. The average molecular weight is 221 g/mol. The number of imide groups is 1. The number of rotatable bonds is 5. The van der Waals surface area contributed by atoms with Crippen molar-refractivity contribution in [3.8, 4) is 0 Å². The molecule has 2 amide bonds. The lowest BCUT2D eigenvalue weighted by molar-refractivity contribution is -0.123. The van der Waals surface area contributed by atoms with Gasteiger partial charge in [-0.05, 0) is 0 Å². The molecule has 1 rings (SSSR count). The van der Waals surface area contributed by atoms with E-state index < -0.39 is 0 Å². The van der Waals surface area contributed by atoms with Crippen LogP contribution < -0.4 is 11.1 Å². The molecule has 5 nitrogen and oxygen atoms in total. The van der Waals surface area contributed by atoms with Crippen LogP contribution in [0.3, 0.4) is 0 Å². The van der Waals surface area contributed by atoms with Gasteiger partial charge >= 0.3 is 0 Å². The second kappa shape index (κ2) is 6.53. The van der Waals surface area contributed by atoms with Gasteiger partial charge in [0.1, 0.15) is 0 Å². The molecular weight excluding hydrogens is 208 g/mol. The first-order valence-corrected chi connectivity index (χ1v) is 4.07. The van der Waals surface area contributed by atoms with E-state index in [-0.39, 0.29) is 24.2 Å². The van der Waals surface area contributed by atoms with Crippen LogP contribution in [0, 0.1) is 0 Å². The molecule has 0 saturated heterocycles. The highest BCUT2D eigenvalue weighted by Gasteiger charge is 2.19. The number of nitrogens with two attached hydrogens (primary N) is 1. The number of carbonyl (C=O) groups is 2. The van der Waals surface area contributed by atoms with Gasteiger partial charge in [-0.1, -0.05) is 0 Å². The molecule has 1 aliphatic rings. The highest BCUT2D eigenvalue weighted by molar-refractivity contribution is 6.16. The van der Waals surface area contributed by atoms with Gasteiger partial charge in [0.05, 0.1) is 13.2 Å². The minimum Gasteiger partial charge on any atom is -0.380 e. The molecule has 0 aliphatic carbocycles. The highest BCUT2D eigenvalue weighted by atomic mass is 35.5. The molecule has 0 unspecified atom stereocenters. The van der Waals surface area contributed by atoms with Crippen LogP contribution in [0.15, 0.2) is 11.6 Å². The Bertz CT molecular complexity index is 253. The molecule has 1 heterocycles. The Kier molecular flexibility index (Phi) is 6.11. The molecule has 1 aliphatic heterocycles. The molecule has 0 aromatic rings. The third kappa shape index (κ3) is 3.87. The van der Waals surface area contributed by atoms with Crippen molar-refractivity contribution in [3.05, 3.63) is 11.6 Å². The van der Waals surface area contributed by atoms with Crippen molar-refractivity contribution in [1.29, 1.82) is 0 Å². The second-order valence-corrected chi connectivity index (χ2v) is 2.64. The van der Waals surface area contributed by atoms with Crippen LogP contribution in [0.25, 0.3) is 0 Å². The maximum atomic E-state index is 11.0. The van der Waals surface area contributed by atoms with Gasteiger partial charge in [-0.3, -0.25) is 14.9 Å². The molecule has 0 aromatic heterocycles. The molecule has 80 valence electrons. The fourth-order valence-corrected chi connectivity index (χ4v) is 1.01. The predicted octanol–water partition coefficient (Wildman–Crippen LogP) is -0.644. The van der Waals surface area contributed by atoms with E-state index in [9.17, 15) is 9.59 Å². The summed E-state index contributed by atoms with van der Waals surface area (Å²) in [4.78, 5) is 21.7. The number of halogens is 1. The zero-order chi connectivity index (χ0) is 9.68. The van der Waals surface area contributed by atoms with Crippen LogP contribution in [0.1, 0.15) is 6.42 Å². The zero-order valence-electron chi connectivity index (χ0n) is 7.62. The Labute approximate surface area is 88.1 Å². The minimum atomic E-state index is -0.348. The van der Waals surface area contributed by atoms with E-state index in [1.165, 1.54) is 6.08 Å². The Morgan fingerprint density at radius 3 is 2.57 bits per heavy atom. The maximum Gasteiger partial charge on any atom is 0.254 e. The van der Waals surface area contributed by atoms with E-state index in [1.807, 2.05) is 0 Å². The van der Waals surface area contributed by atoms with Gasteiger partial charge in [-0.25, -0.2) is 0 Å². The maximum absolute atomic E-state index is 11.0. The van der Waals surface area contributed by atoms with Crippen LogP contribution >= 0.6 is 12.4 Å². The van der Waals surface area contributed by atoms with E-state index in [0.29, 0.717) is 31.8 Å². The highest BCUT2D eigenvalue weighted by Crippen LogP contribution is 2.06. The molecule has 0 aromatic carbocycles. The lowest BCUT2D eigenvalue weighted by atomic mass is 10.2. The number of carbonyl (C=O) groups excluding carboxylic acids is 2. The van der Waals surface area contributed by atoms with Gasteiger partial charge in [0.15, 0.2) is 0 Å². The fraction of sp³-hybridized carbons (Fsp3) is 0.500. The largest absolute Gasteiger partial charge is 0.380 e. The van der Waals surface area contributed by atoms with Crippen molar-refractivity contribution < 1.29 is 14.3 Å². The van der Waals surface area contributed by atoms with Crippen LogP contribution in [-0.4, -0.2) is 31.6 Å². The third-order valence-corrected chi connectivity index (χ3v) is 1.61. The Balaban J connectivity index is 0.00000169. The molecule has 3 N–H and O–H groups in total. The molecule has 0 spiro atoms. The number of hydrogen-bond acceptors (Lipinski definition) is 4. The summed E-state index contributed by atoms with van der Waals surface area (Å²) in [7, 11) is 0. The van der Waals surface area contributed by atoms with Gasteiger partial charge in [0.25, 0.3) is 11.8 Å². The molecule has 0 bridgehead atoms. The van der Waals surface area contributed by atoms with Crippen molar-refractivity contribution in [2.24, 2.45) is 5.73 Å². The zero-order valence-corrected chi connectivity index (χ0v) is 8.43. The summed E-state index contributed by atoms with van der Waals surface area (Å²) in [6.45, 7) is 1.36. The van der Waals surface area contributed by atoms with Gasteiger partial charge in [-0.2, -0.15) is 0 Å². The first-order chi connectivity index (χ1) is 6.24. The minimum absolute atomic E-state index is 0. The van der Waals surface area contributed by atoms with Gasteiger partial charge in [-0.15, -0.1) is 12.4 Å². The topological polar surface area (TPSA) is 81.4 Å². The summed E-state index contributed by atoms with van der Waals surface area (Å²) in [5, 5.41) is 2.16.